The number of piperazine rings is 1. The molecule has 1 amide bonds. The van der Waals surface area contributed by atoms with Gasteiger partial charge in [0, 0.05) is 45.8 Å². The molecule has 2 aliphatic heterocycles. The Labute approximate surface area is 144 Å². The molecule has 0 saturated carbocycles. The second kappa shape index (κ2) is 8.49. The SMILES string of the molecule is COc1cccc(CN2CCN(C(=O)CC[C@H]3CCCO3)CC2)c1. The maximum Gasteiger partial charge on any atom is 0.222 e. The largest absolute Gasteiger partial charge is 0.497 e. The number of ether oxygens (including phenoxy) is 2. The lowest BCUT2D eigenvalue weighted by atomic mass is 10.1. The number of amides is 1. The third kappa shape index (κ3) is 4.71. The van der Waals surface area contributed by atoms with Gasteiger partial charge in [-0.15, -0.1) is 0 Å². The summed E-state index contributed by atoms with van der Waals surface area (Å²) in [6.45, 7) is 5.30. The molecule has 2 saturated heterocycles. The van der Waals surface area contributed by atoms with Crippen LogP contribution in [0.1, 0.15) is 31.2 Å². The molecule has 1 atom stereocenters. The molecule has 0 spiro atoms. The summed E-state index contributed by atoms with van der Waals surface area (Å²) in [5.74, 6) is 1.18. The summed E-state index contributed by atoms with van der Waals surface area (Å²) < 4.78 is 10.9. The maximum absolute atomic E-state index is 12.3. The van der Waals surface area contributed by atoms with Crippen molar-refractivity contribution < 1.29 is 14.3 Å². The van der Waals surface area contributed by atoms with E-state index in [9.17, 15) is 4.79 Å². The summed E-state index contributed by atoms with van der Waals surface area (Å²) >= 11 is 0. The van der Waals surface area contributed by atoms with Crippen LogP contribution in [0.2, 0.25) is 0 Å². The number of methoxy groups -OCH3 is 1. The molecule has 3 rings (SSSR count). The Morgan fingerprint density at radius 2 is 2.12 bits per heavy atom. The highest BCUT2D eigenvalue weighted by Gasteiger charge is 2.23. The summed E-state index contributed by atoms with van der Waals surface area (Å²) in [5, 5.41) is 0. The van der Waals surface area contributed by atoms with Crippen molar-refractivity contribution in [1.82, 2.24) is 9.80 Å². The molecule has 2 heterocycles. The van der Waals surface area contributed by atoms with Crippen molar-refractivity contribution in [3.8, 4) is 5.75 Å². The standard InChI is InChI=1S/C19H28N2O3/c1-23-18-5-2-4-16(14-18)15-20-9-11-21(12-10-20)19(22)8-7-17-6-3-13-24-17/h2,4-5,14,17H,3,6-13,15H2,1H3/t17-/m1/s1. The minimum atomic E-state index is 0.284. The van der Waals surface area contributed by atoms with Gasteiger partial charge >= 0.3 is 0 Å². The van der Waals surface area contributed by atoms with Crippen LogP contribution < -0.4 is 4.74 Å². The van der Waals surface area contributed by atoms with Crippen molar-refractivity contribution in [1.29, 1.82) is 0 Å². The molecule has 0 aliphatic carbocycles. The van der Waals surface area contributed by atoms with Crippen molar-refractivity contribution in [3.05, 3.63) is 29.8 Å². The topological polar surface area (TPSA) is 42.0 Å². The monoisotopic (exact) mass is 332 g/mol. The Kier molecular flexibility index (Phi) is 6.10. The van der Waals surface area contributed by atoms with E-state index in [0.717, 1.165) is 64.3 Å². The summed E-state index contributed by atoms with van der Waals surface area (Å²) in [4.78, 5) is 16.8. The van der Waals surface area contributed by atoms with Gasteiger partial charge in [0.05, 0.1) is 13.2 Å². The minimum absolute atomic E-state index is 0.284. The average molecular weight is 332 g/mol. The molecule has 1 aromatic rings. The molecular formula is C19H28N2O3. The molecule has 1 aromatic carbocycles. The molecule has 0 bridgehead atoms. The first-order valence-electron chi connectivity index (χ1n) is 8.99. The van der Waals surface area contributed by atoms with Crippen LogP contribution in [0.3, 0.4) is 0 Å². The van der Waals surface area contributed by atoms with Gasteiger partial charge < -0.3 is 14.4 Å². The van der Waals surface area contributed by atoms with Gasteiger partial charge in [-0.1, -0.05) is 12.1 Å². The van der Waals surface area contributed by atoms with Gasteiger partial charge in [0.25, 0.3) is 0 Å². The average Bonchev–Trinajstić information content (AvgIpc) is 3.14. The highest BCUT2D eigenvalue weighted by atomic mass is 16.5. The summed E-state index contributed by atoms with van der Waals surface area (Å²) in [7, 11) is 1.69. The van der Waals surface area contributed by atoms with Crippen molar-refractivity contribution >= 4 is 5.91 Å². The van der Waals surface area contributed by atoms with Gasteiger partial charge in [-0.2, -0.15) is 0 Å². The van der Waals surface area contributed by atoms with E-state index >= 15 is 0 Å². The summed E-state index contributed by atoms with van der Waals surface area (Å²) in [6.07, 6.45) is 4.07. The minimum Gasteiger partial charge on any atom is -0.497 e. The van der Waals surface area contributed by atoms with Crippen LogP contribution in [0, 0.1) is 0 Å². The van der Waals surface area contributed by atoms with Crippen LogP contribution >= 0.6 is 0 Å². The molecule has 0 aromatic heterocycles. The lowest BCUT2D eigenvalue weighted by Crippen LogP contribution is -2.48. The fourth-order valence-electron chi connectivity index (χ4n) is 3.50. The lowest BCUT2D eigenvalue weighted by Gasteiger charge is -2.35. The number of benzene rings is 1. The van der Waals surface area contributed by atoms with Gasteiger partial charge in [0.1, 0.15) is 5.75 Å². The van der Waals surface area contributed by atoms with Gasteiger partial charge in [-0.05, 0) is 37.0 Å². The zero-order valence-electron chi connectivity index (χ0n) is 14.6. The van der Waals surface area contributed by atoms with E-state index in [2.05, 4.69) is 17.0 Å². The number of rotatable bonds is 6. The Morgan fingerprint density at radius 3 is 2.83 bits per heavy atom. The number of nitrogens with zero attached hydrogens (tertiary/aromatic N) is 2. The van der Waals surface area contributed by atoms with E-state index in [1.807, 2.05) is 17.0 Å². The van der Waals surface area contributed by atoms with Gasteiger partial charge in [-0.25, -0.2) is 0 Å². The number of carbonyl (C=O) groups is 1. The van der Waals surface area contributed by atoms with E-state index < -0.39 is 0 Å². The van der Waals surface area contributed by atoms with Gasteiger partial charge in [0.2, 0.25) is 5.91 Å². The summed E-state index contributed by atoms with van der Waals surface area (Å²) in [5.41, 5.74) is 1.26. The quantitative estimate of drug-likeness (QED) is 0.802. The fraction of sp³-hybridized carbons (Fsp3) is 0.632. The van der Waals surface area contributed by atoms with E-state index in [0.29, 0.717) is 12.5 Å². The Balaban J connectivity index is 1.40. The molecule has 2 fully saturated rings. The molecule has 0 radical (unpaired) electrons. The first kappa shape index (κ1) is 17.2. The number of hydrogen-bond donors (Lipinski definition) is 0. The van der Waals surface area contributed by atoms with Gasteiger partial charge in [0.15, 0.2) is 0 Å². The zero-order chi connectivity index (χ0) is 16.8. The Bertz CT molecular complexity index is 535. The molecule has 5 heteroatoms. The molecule has 0 unspecified atom stereocenters. The van der Waals surface area contributed by atoms with E-state index in [1.165, 1.54) is 5.56 Å². The van der Waals surface area contributed by atoms with Crippen molar-refractivity contribution in [2.24, 2.45) is 0 Å². The molecule has 5 nitrogen and oxygen atoms in total. The number of carbonyl (C=O) groups excluding carboxylic acids is 1. The normalized spacial score (nSPS) is 21.9. The molecule has 132 valence electrons. The highest BCUT2D eigenvalue weighted by molar-refractivity contribution is 5.76. The van der Waals surface area contributed by atoms with Crippen molar-refractivity contribution in [2.45, 2.75) is 38.3 Å². The zero-order valence-corrected chi connectivity index (χ0v) is 14.6. The summed E-state index contributed by atoms with van der Waals surface area (Å²) in [6, 6.07) is 8.20. The van der Waals surface area contributed by atoms with Crippen LogP contribution in [0.5, 0.6) is 5.75 Å². The third-order valence-corrected chi connectivity index (χ3v) is 4.97. The molecule has 2 aliphatic rings. The molecule has 0 N–H and O–H groups in total. The second-order valence-electron chi connectivity index (χ2n) is 6.68. The Hall–Kier alpha value is -1.59. The molecule has 24 heavy (non-hydrogen) atoms. The van der Waals surface area contributed by atoms with E-state index in [-0.39, 0.29) is 5.91 Å². The van der Waals surface area contributed by atoms with Crippen LogP contribution in [-0.2, 0) is 16.1 Å². The van der Waals surface area contributed by atoms with Crippen LogP contribution in [-0.4, -0.2) is 61.7 Å². The van der Waals surface area contributed by atoms with E-state index in [4.69, 9.17) is 9.47 Å². The van der Waals surface area contributed by atoms with E-state index in [1.54, 1.807) is 7.11 Å². The predicted octanol–water partition coefficient (Wildman–Crippen LogP) is 2.30. The second-order valence-corrected chi connectivity index (χ2v) is 6.68. The fourth-order valence-corrected chi connectivity index (χ4v) is 3.50. The smallest absolute Gasteiger partial charge is 0.222 e. The maximum atomic E-state index is 12.3. The third-order valence-electron chi connectivity index (χ3n) is 4.97. The lowest BCUT2D eigenvalue weighted by molar-refractivity contribution is -0.133. The van der Waals surface area contributed by atoms with Gasteiger partial charge in [-0.3, -0.25) is 9.69 Å². The molecular weight excluding hydrogens is 304 g/mol. The number of hydrogen-bond acceptors (Lipinski definition) is 4. The highest BCUT2D eigenvalue weighted by Crippen LogP contribution is 2.18. The van der Waals surface area contributed by atoms with Crippen molar-refractivity contribution in [2.75, 3.05) is 39.9 Å². The first-order chi connectivity index (χ1) is 11.7. The van der Waals surface area contributed by atoms with Crippen LogP contribution in [0.25, 0.3) is 0 Å². The van der Waals surface area contributed by atoms with Crippen LogP contribution in [0.15, 0.2) is 24.3 Å². The predicted molar refractivity (Wildman–Crippen MR) is 93.1 cm³/mol. The Morgan fingerprint density at radius 1 is 1.29 bits per heavy atom. The van der Waals surface area contributed by atoms with Crippen LogP contribution in [0.4, 0.5) is 0 Å². The first-order valence-corrected chi connectivity index (χ1v) is 8.99. The van der Waals surface area contributed by atoms with Crippen molar-refractivity contribution in [3.63, 3.8) is 0 Å².